The molecule has 87 heavy (non-hydrogen) atoms. The summed E-state index contributed by atoms with van der Waals surface area (Å²) in [6, 6.07) is 7.14. The molecule has 7 rings (SSSR count). The number of carbonyl (C=O) groups excluding carboxylic acids is 6. The first-order valence-corrected chi connectivity index (χ1v) is 32.8. The highest BCUT2D eigenvalue weighted by atomic mass is 32.2. The number of epoxide rings is 2. The number of benzene rings is 1. The van der Waals surface area contributed by atoms with Crippen LogP contribution in [0.5, 0.6) is 0 Å². The van der Waals surface area contributed by atoms with Gasteiger partial charge in [-0.05, 0) is 116 Å². The van der Waals surface area contributed by atoms with Crippen LogP contribution in [0.15, 0.2) is 96.2 Å². The number of carbonyl (C=O) groups is 6. The van der Waals surface area contributed by atoms with Gasteiger partial charge in [-0.25, -0.2) is 0 Å². The summed E-state index contributed by atoms with van der Waals surface area (Å²) < 4.78 is 48.4. The Morgan fingerprint density at radius 3 is 1.74 bits per heavy atom. The van der Waals surface area contributed by atoms with Gasteiger partial charge in [0.2, 0.25) is 23.6 Å². The third-order valence-corrected chi connectivity index (χ3v) is 18.3. The van der Waals surface area contributed by atoms with Crippen molar-refractivity contribution in [3.63, 3.8) is 0 Å². The molecule has 0 radical (unpaired) electrons. The quantitative estimate of drug-likeness (QED) is 0.0324. The zero-order valence-electron chi connectivity index (χ0n) is 53.4. The molecule has 6 aliphatic heterocycles. The molecule has 18 nitrogen and oxygen atoms in total. The average Bonchev–Trinajstić information content (AvgIpc) is 1.64. The van der Waals surface area contributed by atoms with E-state index < -0.39 is 24.1 Å². The molecule has 0 aliphatic carbocycles. The Morgan fingerprint density at radius 2 is 1.22 bits per heavy atom. The minimum atomic E-state index is -0.628. The minimum absolute atomic E-state index is 0.00499. The monoisotopic (exact) mass is 1230 g/mol. The SMILES string of the molecule is CSCCN(C)C(=O)CC1CC2(CO2)CC(C=CC(C)=CCC2OC(C)C(NC(=O)C=CC(C)OC(=O)Cc3ccc(CNC(=O)CC4CC5(CC(C=CC(C)=CCC6OC(C)C(NC(=O)C=CC(C)OC(C)=O)CC6C)O4)OC5C)cc3)CC2C)O1. The number of allylic oxidation sites excluding steroid dienone is 4. The maximum atomic E-state index is 13.3. The first-order chi connectivity index (χ1) is 41.4. The molecule has 0 aromatic heterocycles. The van der Waals surface area contributed by atoms with Crippen molar-refractivity contribution in [3.05, 3.63) is 107 Å². The van der Waals surface area contributed by atoms with Gasteiger partial charge in [-0.2, -0.15) is 11.8 Å². The molecular formula is C68H98N4O14S. The summed E-state index contributed by atoms with van der Waals surface area (Å²) in [5, 5.41) is 9.16. The molecule has 1 aromatic rings. The summed E-state index contributed by atoms with van der Waals surface area (Å²) in [5.74, 6) is -0.0724. The topological polar surface area (TPSA) is 222 Å². The van der Waals surface area contributed by atoms with Crippen LogP contribution in [0, 0.1) is 11.8 Å². The van der Waals surface area contributed by atoms with E-state index in [1.807, 2.05) is 51.4 Å². The first kappa shape index (κ1) is 69.1. The lowest BCUT2D eigenvalue weighted by atomic mass is 9.87. The second-order valence-corrected chi connectivity index (χ2v) is 26.4. The van der Waals surface area contributed by atoms with Gasteiger partial charge >= 0.3 is 11.9 Å². The predicted molar refractivity (Wildman–Crippen MR) is 335 cm³/mol. The number of thioether (sulfide) groups is 1. The van der Waals surface area contributed by atoms with E-state index in [4.69, 9.17) is 37.9 Å². The molecule has 17 unspecified atom stereocenters. The predicted octanol–water partition coefficient (Wildman–Crippen LogP) is 8.85. The summed E-state index contributed by atoms with van der Waals surface area (Å²) in [6.45, 7) is 20.9. The van der Waals surface area contributed by atoms with Crippen molar-refractivity contribution in [1.29, 1.82) is 0 Å². The van der Waals surface area contributed by atoms with Crippen LogP contribution in [0.4, 0.5) is 0 Å². The van der Waals surface area contributed by atoms with Gasteiger partial charge in [0, 0.05) is 70.6 Å². The summed E-state index contributed by atoms with van der Waals surface area (Å²) in [7, 11) is 1.85. The van der Waals surface area contributed by atoms with Gasteiger partial charge in [0.25, 0.3) is 0 Å². The molecule has 3 N–H and O–H groups in total. The van der Waals surface area contributed by atoms with Gasteiger partial charge in [0.05, 0.1) is 104 Å². The Labute approximate surface area is 520 Å². The van der Waals surface area contributed by atoms with E-state index in [1.54, 1.807) is 42.7 Å². The van der Waals surface area contributed by atoms with Crippen LogP contribution in [-0.2, 0) is 79.6 Å². The lowest BCUT2D eigenvalue weighted by Gasteiger charge is -2.39. The Kier molecular flexibility index (Phi) is 25.7. The van der Waals surface area contributed by atoms with Gasteiger partial charge in [0.15, 0.2) is 0 Å². The van der Waals surface area contributed by atoms with Crippen molar-refractivity contribution in [3.8, 4) is 0 Å². The Bertz CT molecular complexity index is 2700. The molecule has 0 saturated carbocycles. The first-order valence-electron chi connectivity index (χ1n) is 31.4. The molecule has 4 amide bonds. The summed E-state index contributed by atoms with van der Waals surface area (Å²) >= 11 is 1.73. The van der Waals surface area contributed by atoms with Crippen LogP contribution in [0.25, 0.3) is 0 Å². The van der Waals surface area contributed by atoms with Crippen molar-refractivity contribution in [2.75, 3.05) is 32.2 Å². The molecule has 6 heterocycles. The molecule has 480 valence electrons. The summed E-state index contributed by atoms with van der Waals surface area (Å²) in [4.78, 5) is 77.7. The van der Waals surface area contributed by atoms with Crippen molar-refractivity contribution >= 4 is 47.3 Å². The smallest absolute Gasteiger partial charge is 0.310 e. The zero-order chi connectivity index (χ0) is 63.0. The number of hydrogen-bond donors (Lipinski definition) is 3. The van der Waals surface area contributed by atoms with Crippen LogP contribution in [0.2, 0.25) is 0 Å². The van der Waals surface area contributed by atoms with Gasteiger partial charge in [-0.3, -0.25) is 28.8 Å². The number of esters is 2. The number of hydrogen-bond acceptors (Lipinski definition) is 15. The normalized spacial score (nSPS) is 32.5. The van der Waals surface area contributed by atoms with Crippen molar-refractivity contribution in [1.82, 2.24) is 20.9 Å². The molecule has 17 atom stereocenters. The van der Waals surface area contributed by atoms with E-state index in [-0.39, 0.29) is 127 Å². The Hall–Kier alpha value is -5.41. The summed E-state index contributed by atoms with van der Waals surface area (Å²) in [5.41, 5.74) is 3.33. The van der Waals surface area contributed by atoms with Crippen LogP contribution in [-0.4, -0.2) is 163 Å². The fourth-order valence-corrected chi connectivity index (χ4v) is 12.7. The standard InChI is InChI=1S/C68H98N4O14S/c1-42(13-23-54-36-67(41-79-67)37-57(84-54)35-65(77)72(11)29-30-87-12)15-25-60-45(4)32-59(49(8)83-60)71-63(75)28-18-47(6)81-66(78)33-52-19-21-53(22-20-52)40-69-64(76)34-56-39-68(50(9)86-68)38-55(85-56)24-14-43(2)16-26-61-44(3)31-58(48(7)82-61)70-62(74)27-17-46(5)80-51(10)73/h13-24,27-28,44-50,54-61H,25-26,29-41H2,1-12H3,(H,69,76)(H,70,74)(H,71,75). The molecule has 1 aromatic carbocycles. The van der Waals surface area contributed by atoms with E-state index >= 15 is 0 Å². The van der Waals surface area contributed by atoms with Gasteiger partial charge < -0.3 is 58.7 Å². The highest BCUT2D eigenvalue weighted by molar-refractivity contribution is 7.98. The van der Waals surface area contributed by atoms with Crippen LogP contribution < -0.4 is 16.0 Å². The number of rotatable bonds is 27. The fourth-order valence-electron chi connectivity index (χ4n) is 12.2. The van der Waals surface area contributed by atoms with Crippen molar-refractivity contribution in [2.45, 2.75) is 237 Å². The third kappa shape index (κ3) is 22.2. The number of amides is 4. The van der Waals surface area contributed by atoms with E-state index in [0.29, 0.717) is 32.4 Å². The number of ether oxygens (including phenoxy) is 8. The molecule has 19 heteroatoms. The fraction of sp³-hybridized carbons (Fsp3) is 0.647. The minimum Gasteiger partial charge on any atom is -0.459 e. The molecule has 2 spiro atoms. The van der Waals surface area contributed by atoms with E-state index in [2.05, 4.69) is 87.0 Å². The van der Waals surface area contributed by atoms with Crippen LogP contribution in [0.1, 0.15) is 145 Å². The second kappa shape index (κ2) is 32.4. The lowest BCUT2D eigenvalue weighted by Crippen LogP contribution is -2.50. The van der Waals surface area contributed by atoms with E-state index in [9.17, 15) is 28.8 Å². The highest BCUT2D eigenvalue weighted by Gasteiger charge is 2.58. The average molecular weight is 1230 g/mol. The van der Waals surface area contributed by atoms with Crippen molar-refractivity contribution in [2.24, 2.45) is 11.8 Å². The van der Waals surface area contributed by atoms with E-state index in [0.717, 1.165) is 73.1 Å². The molecular weight excluding hydrogens is 1130 g/mol. The van der Waals surface area contributed by atoms with Crippen LogP contribution >= 0.6 is 11.8 Å². The number of nitrogens with one attached hydrogen (secondary N) is 3. The molecule has 6 aliphatic rings. The molecule has 6 saturated heterocycles. The Morgan fingerprint density at radius 1 is 0.701 bits per heavy atom. The zero-order valence-corrected chi connectivity index (χ0v) is 54.2. The van der Waals surface area contributed by atoms with Gasteiger partial charge in [0.1, 0.15) is 12.2 Å². The van der Waals surface area contributed by atoms with Crippen molar-refractivity contribution < 1.29 is 66.7 Å². The third-order valence-electron chi connectivity index (χ3n) is 17.7. The maximum Gasteiger partial charge on any atom is 0.310 e. The van der Waals surface area contributed by atoms with Crippen LogP contribution in [0.3, 0.4) is 0 Å². The maximum absolute atomic E-state index is 13.3. The lowest BCUT2D eigenvalue weighted by molar-refractivity contribution is -0.145. The Balaban J connectivity index is 0.769. The number of nitrogens with zero attached hydrogens (tertiary/aromatic N) is 1. The van der Waals surface area contributed by atoms with Gasteiger partial charge in [-0.1, -0.05) is 85.7 Å². The highest BCUT2D eigenvalue weighted by Crippen LogP contribution is 2.49. The molecule has 0 bridgehead atoms. The largest absolute Gasteiger partial charge is 0.459 e. The second-order valence-electron chi connectivity index (χ2n) is 25.4. The van der Waals surface area contributed by atoms with E-state index in [1.165, 1.54) is 19.1 Å². The molecule has 6 fully saturated rings. The summed E-state index contributed by atoms with van der Waals surface area (Å²) in [6.07, 6.45) is 24.9. The van der Waals surface area contributed by atoms with Gasteiger partial charge in [-0.15, -0.1) is 0 Å².